The van der Waals surface area contributed by atoms with Gasteiger partial charge in [0, 0.05) is 11.7 Å². The molecule has 0 aromatic heterocycles. The van der Waals surface area contributed by atoms with Crippen LogP contribution in [-0.4, -0.2) is 23.0 Å². The summed E-state index contributed by atoms with van der Waals surface area (Å²) < 4.78 is 0. The van der Waals surface area contributed by atoms with Gasteiger partial charge < -0.3 is 16.2 Å². The van der Waals surface area contributed by atoms with Crippen LogP contribution in [0, 0.1) is 5.92 Å². The highest BCUT2D eigenvalue weighted by molar-refractivity contribution is 5.99. The molecule has 1 aromatic carbocycles. The molecule has 0 aliphatic carbocycles. The normalized spacial score (nSPS) is 12.2. The van der Waals surface area contributed by atoms with Crippen LogP contribution >= 0.6 is 0 Å². The molecule has 0 fully saturated rings. The largest absolute Gasteiger partial charge is 0.481 e. The summed E-state index contributed by atoms with van der Waals surface area (Å²) in [5, 5.41) is 11.5. The molecule has 0 aliphatic heterocycles. The number of para-hydroxylation sites is 1. The SMILES string of the molecule is CC(C)C(CC(=O)O)NC(=O)c1ccccc1N. The molecule has 0 radical (unpaired) electrons. The van der Waals surface area contributed by atoms with Gasteiger partial charge in [0.25, 0.3) is 5.91 Å². The van der Waals surface area contributed by atoms with Gasteiger partial charge in [-0.3, -0.25) is 9.59 Å². The number of nitrogens with two attached hydrogens (primary N) is 1. The average molecular weight is 250 g/mol. The number of carboxylic acid groups (broad SMARTS) is 1. The van der Waals surface area contributed by atoms with Crippen LogP contribution < -0.4 is 11.1 Å². The van der Waals surface area contributed by atoms with Crippen molar-refractivity contribution in [3.8, 4) is 0 Å². The van der Waals surface area contributed by atoms with E-state index in [-0.39, 0.29) is 18.2 Å². The van der Waals surface area contributed by atoms with Crippen molar-refractivity contribution in [2.45, 2.75) is 26.3 Å². The highest BCUT2D eigenvalue weighted by atomic mass is 16.4. The molecule has 0 spiro atoms. The van der Waals surface area contributed by atoms with Crippen molar-refractivity contribution in [3.05, 3.63) is 29.8 Å². The Hall–Kier alpha value is -2.04. The van der Waals surface area contributed by atoms with Crippen molar-refractivity contribution in [2.75, 3.05) is 5.73 Å². The fourth-order valence-corrected chi connectivity index (χ4v) is 1.59. The van der Waals surface area contributed by atoms with Gasteiger partial charge in [-0.05, 0) is 18.1 Å². The Balaban J connectivity index is 2.79. The van der Waals surface area contributed by atoms with E-state index in [0.29, 0.717) is 11.3 Å². The van der Waals surface area contributed by atoms with E-state index in [2.05, 4.69) is 5.32 Å². The second-order valence-electron chi connectivity index (χ2n) is 4.51. The van der Waals surface area contributed by atoms with Gasteiger partial charge in [-0.25, -0.2) is 0 Å². The number of anilines is 1. The molecule has 1 unspecified atom stereocenters. The fraction of sp³-hybridized carbons (Fsp3) is 0.385. The molecule has 5 heteroatoms. The van der Waals surface area contributed by atoms with Gasteiger partial charge in [-0.1, -0.05) is 26.0 Å². The Morgan fingerprint density at radius 3 is 2.44 bits per heavy atom. The molecular formula is C13H18N2O3. The Morgan fingerprint density at radius 1 is 1.33 bits per heavy atom. The minimum atomic E-state index is -0.935. The first-order chi connectivity index (χ1) is 8.41. The van der Waals surface area contributed by atoms with Crippen LogP contribution in [-0.2, 0) is 4.79 Å². The first-order valence-corrected chi connectivity index (χ1v) is 5.79. The monoisotopic (exact) mass is 250 g/mol. The Kier molecular flexibility index (Phi) is 4.71. The molecule has 98 valence electrons. The van der Waals surface area contributed by atoms with Gasteiger partial charge >= 0.3 is 5.97 Å². The molecule has 0 bridgehead atoms. The van der Waals surface area contributed by atoms with E-state index in [1.807, 2.05) is 13.8 Å². The van der Waals surface area contributed by atoms with Gasteiger partial charge in [0.15, 0.2) is 0 Å². The van der Waals surface area contributed by atoms with Crippen molar-refractivity contribution in [1.82, 2.24) is 5.32 Å². The van der Waals surface area contributed by atoms with Gasteiger partial charge in [0.05, 0.1) is 12.0 Å². The first kappa shape index (κ1) is 14.0. The van der Waals surface area contributed by atoms with Crippen molar-refractivity contribution in [1.29, 1.82) is 0 Å². The molecule has 0 aliphatic rings. The lowest BCUT2D eigenvalue weighted by Gasteiger charge is -2.21. The smallest absolute Gasteiger partial charge is 0.305 e. The zero-order valence-corrected chi connectivity index (χ0v) is 10.5. The van der Waals surface area contributed by atoms with Crippen LogP contribution in [0.15, 0.2) is 24.3 Å². The van der Waals surface area contributed by atoms with Crippen LogP contribution in [0.25, 0.3) is 0 Å². The fourth-order valence-electron chi connectivity index (χ4n) is 1.59. The van der Waals surface area contributed by atoms with Crippen LogP contribution in [0.3, 0.4) is 0 Å². The van der Waals surface area contributed by atoms with E-state index in [4.69, 9.17) is 10.8 Å². The standard InChI is InChI=1S/C13H18N2O3/c1-8(2)11(7-12(16)17)15-13(18)9-5-3-4-6-10(9)14/h3-6,8,11H,7,14H2,1-2H3,(H,15,18)(H,16,17). The number of hydrogen-bond donors (Lipinski definition) is 3. The minimum Gasteiger partial charge on any atom is -0.481 e. The molecule has 18 heavy (non-hydrogen) atoms. The van der Waals surface area contributed by atoms with Crippen LogP contribution in [0.5, 0.6) is 0 Å². The second kappa shape index (κ2) is 6.05. The summed E-state index contributed by atoms with van der Waals surface area (Å²) in [6.07, 6.45) is -0.101. The van der Waals surface area contributed by atoms with E-state index in [0.717, 1.165) is 0 Å². The number of amides is 1. The minimum absolute atomic E-state index is 0.0370. The number of carbonyl (C=O) groups is 2. The number of benzene rings is 1. The number of nitrogens with one attached hydrogen (secondary N) is 1. The lowest BCUT2D eigenvalue weighted by molar-refractivity contribution is -0.137. The average Bonchev–Trinajstić information content (AvgIpc) is 2.27. The number of aliphatic carboxylic acids is 1. The van der Waals surface area contributed by atoms with Crippen molar-refractivity contribution in [3.63, 3.8) is 0 Å². The quantitative estimate of drug-likeness (QED) is 0.690. The Labute approximate surface area is 106 Å². The third-order valence-corrected chi connectivity index (χ3v) is 2.72. The van der Waals surface area contributed by atoms with Crippen LogP contribution in [0.2, 0.25) is 0 Å². The lowest BCUT2D eigenvalue weighted by Crippen LogP contribution is -2.40. The Morgan fingerprint density at radius 2 is 1.94 bits per heavy atom. The summed E-state index contributed by atoms with van der Waals surface area (Å²) in [7, 11) is 0. The molecule has 0 saturated heterocycles. The molecule has 1 atom stereocenters. The zero-order valence-electron chi connectivity index (χ0n) is 10.5. The maximum Gasteiger partial charge on any atom is 0.305 e. The second-order valence-corrected chi connectivity index (χ2v) is 4.51. The predicted octanol–water partition coefficient (Wildman–Crippen LogP) is 1.50. The topological polar surface area (TPSA) is 92.4 Å². The summed E-state index contributed by atoms with van der Waals surface area (Å²) in [5.41, 5.74) is 6.45. The first-order valence-electron chi connectivity index (χ1n) is 5.79. The van der Waals surface area contributed by atoms with Crippen molar-refractivity contribution < 1.29 is 14.7 Å². The molecule has 1 aromatic rings. The van der Waals surface area contributed by atoms with E-state index in [1.54, 1.807) is 24.3 Å². The summed E-state index contributed by atoms with van der Waals surface area (Å²) in [6, 6.07) is 6.30. The number of rotatable bonds is 5. The summed E-state index contributed by atoms with van der Waals surface area (Å²) in [5.74, 6) is -1.24. The third-order valence-electron chi connectivity index (χ3n) is 2.72. The number of hydrogen-bond acceptors (Lipinski definition) is 3. The highest BCUT2D eigenvalue weighted by Crippen LogP contribution is 2.12. The molecular weight excluding hydrogens is 232 g/mol. The predicted molar refractivity (Wildman–Crippen MR) is 69.2 cm³/mol. The van der Waals surface area contributed by atoms with E-state index < -0.39 is 12.0 Å². The molecule has 1 amide bonds. The van der Waals surface area contributed by atoms with Gasteiger partial charge in [0.2, 0.25) is 0 Å². The maximum absolute atomic E-state index is 12.0. The number of carboxylic acids is 1. The van der Waals surface area contributed by atoms with Gasteiger partial charge in [-0.2, -0.15) is 0 Å². The van der Waals surface area contributed by atoms with Gasteiger partial charge in [-0.15, -0.1) is 0 Å². The third kappa shape index (κ3) is 3.76. The van der Waals surface area contributed by atoms with Crippen LogP contribution in [0.1, 0.15) is 30.6 Å². The van der Waals surface area contributed by atoms with Crippen molar-refractivity contribution >= 4 is 17.6 Å². The summed E-state index contributed by atoms with van der Waals surface area (Å²) in [6.45, 7) is 3.73. The highest BCUT2D eigenvalue weighted by Gasteiger charge is 2.20. The molecule has 0 heterocycles. The van der Waals surface area contributed by atoms with E-state index in [1.165, 1.54) is 0 Å². The molecule has 5 nitrogen and oxygen atoms in total. The zero-order chi connectivity index (χ0) is 13.7. The van der Waals surface area contributed by atoms with E-state index in [9.17, 15) is 9.59 Å². The van der Waals surface area contributed by atoms with Gasteiger partial charge in [0.1, 0.15) is 0 Å². The summed E-state index contributed by atoms with van der Waals surface area (Å²) >= 11 is 0. The van der Waals surface area contributed by atoms with E-state index >= 15 is 0 Å². The number of carbonyl (C=O) groups excluding carboxylic acids is 1. The van der Waals surface area contributed by atoms with Crippen LogP contribution in [0.4, 0.5) is 5.69 Å². The molecule has 4 N–H and O–H groups in total. The molecule has 0 saturated carbocycles. The maximum atomic E-state index is 12.0. The number of nitrogen functional groups attached to an aromatic ring is 1. The summed E-state index contributed by atoms with van der Waals surface area (Å²) in [4.78, 5) is 22.7. The van der Waals surface area contributed by atoms with Crippen molar-refractivity contribution in [2.24, 2.45) is 5.92 Å². The lowest BCUT2D eigenvalue weighted by atomic mass is 10.0. The Bertz CT molecular complexity index is 444. The molecule has 1 rings (SSSR count).